The molecule has 1 aromatic rings. The van der Waals surface area contributed by atoms with E-state index in [0.29, 0.717) is 12.6 Å². The Morgan fingerprint density at radius 3 is 3.20 bits per heavy atom. The van der Waals surface area contributed by atoms with Crippen LogP contribution in [0.5, 0.6) is 0 Å². The van der Waals surface area contributed by atoms with Gasteiger partial charge < -0.3 is 16.0 Å². The number of anilines is 1. The highest BCUT2D eigenvalue weighted by Gasteiger charge is 2.18. The topological polar surface area (TPSA) is 54.2 Å². The van der Waals surface area contributed by atoms with Gasteiger partial charge in [0.15, 0.2) is 0 Å². The molecule has 1 aliphatic heterocycles. The second-order valence-corrected chi connectivity index (χ2v) is 4.13. The summed E-state index contributed by atoms with van der Waals surface area (Å²) in [6.07, 6.45) is 3.01. The molecule has 0 aliphatic carbocycles. The molecule has 1 atom stereocenters. The van der Waals surface area contributed by atoms with Gasteiger partial charge in [-0.05, 0) is 32.1 Å². The minimum Gasteiger partial charge on any atom is -0.381 e. The lowest BCUT2D eigenvalue weighted by molar-refractivity contribution is 0.414. The number of nitrogens with zero attached hydrogens (tertiary/aromatic N) is 2. The molecule has 2 heterocycles. The van der Waals surface area contributed by atoms with Crippen molar-refractivity contribution in [2.75, 3.05) is 25.5 Å². The van der Waals surface area contributed by atoms with Crippen LogP contribution >= 0.6 is 0 Å². The number of hydrogen-bond acceptors (Lipinski definition) is 4. The summed E-state index contributed by atoms with van der Waals surface area (Å²) in [5, 5.41) is 3.51. The van der Waals surface area contributed by atoms with Crippen LogP contribution in [0.15, 0.2) is 18.3 Å². The molecule has 3 N–H and O–H groups in total. The third kappa shape index (κ3) is 2.67. The number of likely N-dealkylation sites (tertiary alicyclic amines) is 1. The van der Waals surface area contributed by atoms with Gasteiger partial charge in [-0.25, -0.2) is 0 Å². The predicted octanol–water partition coefficient (Wildman–Crippen LogP) is 0.656. The number of hydrogen-bond donors (Lipinski definition) is 2. The molecular weight excluding hydrogens is 188 g/mol. The molecule has 0 bridgehead atoms. The summed E-state index contributed by atoms with van der Waals surface area (Å²) in [6.45, 7) is 2.78. The summed E-state index contributed by atoms with van der Waals surface area (Å²) < 4.78 is 0. The fourth-order valence-electron chi connectivity index (χ4n) is 1.97. The van der Waals surface area contributed by atoms with Crippen LogP contribution in [0, 0.1) is 0 Å². The van der Waals surface area contributed by atoms with Gasteiger partial charge in [0.1, 0.15) is 0 Å². The second-order valence-electron chi connectivity index (χ2n) is 4.13. The molecule has 0 spiro atoms. The molecule has 0 aromatic carbocycles. The third-order valence-corrected chi connectivity index (χ3v) is 2.79. The van der Waals surface area contributed by atoms with Crippen molar-refractivity contribution in [3.63, 3.8) is 0 Å². The fourth-order valence-corrected chi connectivity index (χ4v) is 1.97. The van der Waals surface area contributed by atoms with Crippen LogP contribution in [0.4, 0.5) is 5.69 Å². The Labute approximate surface area is 90.5 Å². The summed E-state index contributed by atoms with van der Waals surface area (Å²) in [6, 6.07) is 4.58. The van der Waals surface area contributed by atoms with Crippen molar-refractivity contribution >= 4 is 5.69 Å². The Bertz CT molecular complexity index is 326. The van der Waals surface area contributed by atoms with Gasteiger partial charge in [0, 0.05) is 31.0 Å². The summed E-state index contributed by atoms with van der Waals surface area (Å²) in [4.78, 5) is 6.51. The average Bonchev–Trinajstić information content (AvgIpc) is 2.64. The third-order valence-electron chi connectivity index (χ3n) is 2.79. The second kappa shape index (κ2) is 4.59. The first-order chi connectivity index (χ1) is 7.28. The van der Waals surface area contributed by atoms with Crippen LogP contribution < -0.4 is 11.1 Å². The van der Waals surface area contributed by atoms with Gasteiger partial charge >= 0.3 is 0 Å². The van der Waals surface area contributed by atoms with Gasteiger partial charge in [-0.15, -0.1) is 0 Å². The minimum absolute atomic E-state index is 0.500. The Morgan fingerprint density at radius 2 is 2.53 bits per heavy atom. The number of pyridine rings is 1. The van der Waals surface area contributed by atoms with Crippen LogP contribution in [0.25, 0.3) is 0 Å². The highest BCUT2D eigenvalue weighted by Crippen LogP contribution is 2.14. The van der Waals surface area contributed by atoms with Crippen molar-refractivity contribution in [2.45, 2.75) is 19.0 Å². The average molecular weight is 206 g/mol. The quantitative estimate of drug-likeness (QED) is 0.762. The molecule has 15 heavy (non-hydrogen) atoms. The highest BCUT2D eigenvalue weighted by molar-refractivity contribution is 5.44. The van der Waals surface area contributed by atoms with Crippen LogP contribution in [0.2, 0.25) is 0 Å². The molecule has 2 rings (SSSR count). The molecule has 0 amide bonds. The van der Waals surface area contributed by atoms with Gasteiger partial charge in [-0.2, -0.15) is 0 Å². The van der Waals surface area contributed by atoms with Crippen molar-refractivity contribution < 1.29 is 0 Å². The van der Waals surface area contributed by atoms with E-state index < -0.39 is 0 Å². The number of rotatable bonds is 3. The van der Waals surface area contributed by atoms with E-state index in [9.17, 15) is 0 Å². The molecule has 1 saturated heterocycles. The summed E-state index contributed by atoms with van der Waals surface area (Å²) in [5.41, 5.74) is 7.62. The fraction of sp³-hybridized carbons (Fsp3) is 0.545. The molecule has 1 unspecified atom stereocenters. The summed E-state index contributed by atoms with van der Waals surface area (Å²) in [5.74, 6) is 0. The predicted molar refractivity (Wildman–Crippen MR) is 61.7 cm³/mol. The van der Waals surface area contributed by atoms with Gasteiger partial charge in [0.05, 0.1) is 5.69 Å². The van der Waals surface area contributed by atoms with E-state index in [0.717, 1.165) is 17.9 Å². The maximum absolute atomic E-state index is 5.55. The standard InChI is InChI=1S/C11H18N4/c1-15-5-3-10(8-15)14-9-2-4-13-11(6-9)7-12/h2,4,6,10H,3,5,7-8,12H2,1H3,(H,13,14). The Morgan fingerprint density at radius 1 is 1.67 bits per heavy atom. The maximum Gasteiger partial charge on any atom is 0.0559 e. The van der Waals surface area contributed by atoms with Crippen LogP contribution in [-0.4, -0.2) is 36.1 Å². The maximum atomic E-state index is 5.55. The molecule has 0 saturated carbocycles. The monoisotopic (exact) mass is 206 g/mol. The Kier molecular flexibility index (Phi) is 3.18. The highest BCUT2D eigenvalue weighted by atomic mass is 15.2. The van der Waals surface area contributed by atoms with Crippen molar-refractivity contribution in [2.24, 2.45) is 5.73 Å². The van der Waals surface area contributed by atoms with Crippen LogP contribution in [0.1, 0.15) is 12.1 Å². The van der Waals surface area contributed by atoms with Crippen molar-refractivity contribution in [1.29, 1.82) is 0 Å². The number of nitrogens with two attached hydrogens (primary N) is 1. The van der Waals surface area contributed by atoms with Gasteiger partial charge in [-0.1, -0.05) is 0 Å². The van der Waals surface area contributed by atoms with E-state index in [2.05, 4.69) is 22.2 Å². The molecule has 1 aromatic heterocycles. The molecule has 4 nitrogen and oxygen atoms in total. The lowest BCUT2D eigenvalue weighted by Gasteiger charge is -2.14. The lowest BCUT2D eigenvalue weighted by atomic mass is 10.2. The zero-order chi connectivity index (χ0) is 10.7. The van der Waals surface area contributed by atoms with E-state index in [4.69, 9.17) is 5.73 Å². The van der Waals surface area contributed by atoms with Gasteiger partial charge in [0.2, 0.25) is 0 Å². The first-order valence-electron chi connectivity index (χ1n) is 5.38. The van der Waals surface area contributed by atoms with Gasteiger partial charge in [-0.3, -0.25) is 4.98 Å². The smallest absolute Gasteiger partial charge is 0.0559 e. The first-order valence-corrected chi connectivity index (χ1v) is 5.38. The van der Waals surface area contributed by atoms with Crippen molar-refractivity contribution in [1.82, 2.24) is 9.88 Å². The summed E-state index contributed by atoms with van der Waals surface area (Å²) >= 11 is 0. The number of aromatic nitrogens is 1. The summed E-state index contributed by atoms with van der Waals surface area (Å²) in [7, 11) is 2.15. The van der Waals surface area contributed by atoms with Gasteiger partial charge in [0.25, 0.3) is 0 Å². The van der Waals surface area contributed by atoms with Crippen LogP contribution in [-0.2, 0) is 6.54 Å². The normalized spacial score (nSPS) is 21.9. The zero-order valence-electron chi connectivity index (χ0n) is 9.11. The largest absolute Gasteiger partial charge is 0.381 e. The molecule has 1 fully saturated rings. The minimum atomic E-state index is 0.500. The molecule has 0 radical (unpaired) electrons. The number of nitrogens with one attached hydrogen (secondary N) is 1. The van der Waals surface area contributed by atoms with E-state index in [1.54, 1.807) is 0 Å². The Balaban J connectivity index is 1.98. The SMILES string of the molecule is CN1CCC(Nc2ccnc(CN)c2)C1. The van der Waals surface area contributed by atoms with Crippen molar-refractivity contribution in [3.8, 4) is 0 Å². The Hall–Kier alpha value is -1.13. The van der Waals surface area contributed by atoms with E-state index in [-0.39, 0.29) is 0 Å². The van der Waals surface area contributed by atoms with E-state index in [1.165, 1.54) is 13.0 Å². The number of likely N-dealkylation sites (N-methyl/N-ethyl adjacent to an activating group) is 1. The molecule has 1 aliphatic rings. The van der Waals surface area contributed by atoms with Crippen LogP contribution in [0.3, 0.4) is 0 Å². The van der Waals surface area contributed by atoms with Crippen molar-refractivity contribution in [3.05, 3.63) is 24.0 Å². The molecule has 4 heteroatoms. The molecular formula is C11H18N4. The molecule has 82 valence electrons. The zero-order valence-corrected chi connectivity index (χ0v) is 9.11. The lowest BCUT2D eigenvalue weighted by Crippen LogP contribution is -2.23. The van der Waals surface area contributed by atoms with E-state index >= 15 is 0 Å². The van der Waals surface area contributed by atoms with E-state index in [1.807, 2.05) is 18.3 Å². The first kappa shape index (κ1) is 10.4.